The van der Waals surface area contributed by atoms with Gasteiger partial charge in [-0.15, -0.1) is 0 Å². The van der Waals surface area contributed by atoms with Gasteiger partial charge < -0.3 is 24.4 Å². The first kappa shape index (κ1) is 21.9. The molecule has 2 N–H and O–H groups in total. The van der Waals surface area contributed by atoms with Crippen LogP contribution in [0.25, 0.3) is 11.1 Å². The van der Waals surface area contributed by atoms with E-state index in [1.54, 1.807) is 0 Å². The van der Waals surface area contributed by atoms with Crippen LogP contribution in [0.2, 0.25) is 0 Å². The smallest absolute Gasteiger partial charge is 0.0842 e. The number of benzene rings is 2. The van der Waals surface area contributed by atoms with Crippen LogP contribution in [0.4, 0.5) is 0 Å². The average Bonchev–Trinajstić information content (AvgIpc) is 2.74. The van der Waals surface area contributed by atoms with E-state index >= 15 is 0 Å². The van der Waals surface area contributed by atoms with Crippen LogP contribution in [0, 0.1) is 0 Å². The summed E-state index contributed by atoms with van der Waals surface area (Å²) in [4.78, 5) is 0. The molecule has 0 fully saturated rings. The molecule has 3 rings (SSSR count). The van der Waals surface area contributed by atoms with Crippen molar-refractivity contribution in [2.24, 2.45) is 0 Å². The lowest BCUT2D eigenvalue weighted by molar-refractivity contribution is -0.0188. The van der Waals surface area contributed by atoms with E-state index in [4.69, 9.17) is 19.3 Å². The van der Waals surface area contributed by atoms with E-state index in [0.717, 1.165) is 19.3 Å². The highest BCUT2D eigenvalue weighted by Gasteiger charge is 2.26. The average molecular weight is 401 g/mol. The van der Waals surface area contributed by atoms with Crippen molar-refractivity contribution in [3.05, 3.63) is 59.7 Å². The Hall–Kier alpha value is -1.76. The molecule has 0 bridgehead atoms. The van der Waals surface area contributed by atoms with Crippen molar-refractivity contribution in [1.29, 1.82) is 0 Å². The monoisotopic (exact) mass is 400 g/mol. The summed E-state index contributed by atoms with van der Waals surface area (Å²) in [5, 5.41) is 19.5. The molecule has 2 unspecified atom stereocenters. The van der Waals surface area contributed by atoms with E-state index in [0.29, 0.717) is 39.6 Å². The van der Waals surface area contributed by atoms with E-state index in [1.165, 1.54) is 22.3 Å². The molecule has 2 aromatic carbocycles. The SMILES string of the molecule is OCCOCCOCCOCC(O)C1CCCc2ccccc2-c2ccccc21. The highest BCUT2D eigenvalue weighted by molar-refractivity contribution is 5.71. The van der Waals surface area contributed by atoms with E-state index < -0.39 is 6.10 Å². The molecular formula is C24H32O5. The molecule has 0 spiro atoms. The Balaban J connectivity index is 1.53. The summed E-state index contributed by atoms with van der Waals surface area (Å²) in [5.41, 5.74) is 5.08. The molecule has 1 aliphatic rings. The zero-order valence-electron chi connectivity index (χ0n) is 17.0. The molecular weight excluding hydrogens is 368 g/mol. The van der Waals surface area contributed by atoms with Crippen molar-refractivity contribution in [1.82, 2.24) is 0 Å². The summed E-state index contributed by atoms with van der Waals surface area (Å²) >= 11 is 0. The summed E-state index contributed by atoms with van der Waals surface area (Å²) < 4.78 is 16.2. The van der Waals surface area contributed by atoms with Gasteiger partial charge in [-0.25, -0.2) is 0 Å². The quantitative estimate of drug-likeness (QED) is 0.567. The van der Waals surface area contributed by atoms with E-state index in [1.807, 2.05) is 0 Å². The Bertz CT molecular complexity index is 733. The van der Waals surface area contributed by atoms with E-state index in [2.05, 4.69) is 48.5 Å². The van der Waals surface area contributed by atoms with Gasteiger partial charge in [-0.05, 0) is 41.5 Å². The number of ether oxygens (including phenoxy) is 3. The lowest BCUT2D eigenvalue weighted by atomic mass is 9.80. The molecule has 2 aromatic rings. The Morgan fingerprint density at radius 1 is 0.828 bits per heavy atom. The highest BCUT2D eigenvalue weighted by Crippen LogP contribution is 2.38. The Labute approximate surface area is 173 Å². The minimum atomic E-state index is -0.547. The van der Waals surface area contributed by atoms with Gasteiger partial charge in [0.25, 0.3) is 0 Å². The second-order valence-electron chi connectivity index (χ2n) is 7.33. The number of rotatable bonds is 11. The molecule has 0 aliphatic heterocycles. The lowest BCUT2D eigenvalue weighted by Gasteiger charge is -2.28. The molecule has 2 atom stereocenters. The molecule has 0 saturated heterocycles. The molecule has 0 aromatic heterocycles. The standard InChI is InChI=1S/C24H32O5/c25-12-13-27-14-15-28-16-17-29-18-24(26)23-11-5-7-19-6-1-2-8-20(19)21-9-3-4-10-22(21)23/h1-4,6,8-10,23-26H,5,7,11-18H2. The third-order valence-electron chi connectivity index (χ3n) is 5.36. The second-order valence-corrected chi connectivity index (χ2v) is 7.33. The van der Waals surface area contributed by atoms with Gasteiger partial charge in [0, 0.05) is 5.92 Å². The van der Waals surface area contributed by atoms with Gasteiger partial charge in [0.15, 0.2) is 0 Å². The molecule has 1 aliphatic carbocycles. The molecule has 158 valence electrons. The van der Waals surface area contributed by atoms with Gasteiger partial charge in [-0.1, -0.05) is 48.5 Å². The fraction of sp³-hybridized carbons (Fsp3) is 0.500. The molecule has 0 saturated carbocycles. The molecule has 29 heavy (non-hydrogen) atoms. The van der Waals surface area contributed by atoms with Crippen LogP contribution < -0.4 is 0 Å². The number of aliphatic hydroxyl groups excluding tert-OH is 2. The summed E-state index contributed by atoms with van der Waals surface area (Å²) in [6.07, 6.45) is 2.47. The summed E-state index contributed by atoms with van der Waals surface area (Å²) in [6.45, 7) is 2.49. The van der Waals surface area contributed by atoms with Crippen LogP contribution in [0.15, 0.2) is 48.5 Å². The highest BCUT2D eigenvalue weighted by atomic mass is 16.5. The summed E-state index contributed by atoms with van der Waals surface area (Å²) in [6, 6.07) is 17.0. The maximum absolute atomic E-state index is 10.9. The third-order valence-corrected chi connectivity index (χ3v) is 5.36. The van der Waals surface area contributed by atoms with Gasteiger partial charge in [-0.2, -0.15) is 0 Å². The van der Waals surface area contributed by atoms with Crippen molar-refractivity contribution >= 4 is 0 Å². The van der Waals surface area contributed by atoms with Crippen LogP contribution in [-0.2, 0) is 20.6 Å². The lowest BCUT2D eigenvalue weighted by Crippen LogP contribution is -2.26. The number of hydrogen-bond acceptors (Lipinski definition) is 5. The molecule has 0 heterocycles. The minimum absolute atomic E-state index is 0.0247. The van der Waals surface area contributed by atoms with Crippen LogP contribution in [0.3, 0.4) is 0 Å². The first-order valence-corrected chi connectivity index (χ1v) is 10.5. The molecule has 5 heteroatoms. The predicted octanol–water partition coefficient (Wildman–Crippen LogP) is 3.18. The Morgan fingerprint density at radius 3 is 2.28 bits per heavy atom. The number of aliphatic hydroxyl groups is 2. The van der Waals surface area contributed by atoms with Crippen LogP contribution in [-0.4, -0.2) is 62.6 Å². The van der Waals surface area contributed by atoms with Crippen molar-refractivity contribution in [3.63, 3.8) is 0 Å². The van der Waals surface area contributed by atoms with Gasteiger partial charge >= 0.3 is 0 Å². The summed E-state index contributed by atoms with van der Waals surface area (Å²) in [5.74, 6) is 0.0624. The maximum Gasteiger partial charge on any atom is 0.0842 e. The van der Waals surface area contributed by atoms with Crippen LogP contribution >= 0.6 is 0 Å². The fourth-order valence-electron chi connectivity index (χ4n) is 3.96. The van der Waals surface area contributed by atoms with E-state index in [-0.39, 0.29) is 12.5 Å². The first-order valence-electron chi connectivity index (χ1n) is 10.5. The largest absolute Gasteiger partial charge is 0.394 e. The number of fused-ring (bicyclic) bond motifs is 3. The molecule has 0 radical (unpaired) electrons. The van der Waals surface area contributed by atoms with Crippen molar-refractivity contribution in [2.45, 2.75) is 31.3 Å². The van der Waals surface area contributed by atoms with Crippen molar-refractivity contribution in [2.75, 3.05) is 46.2 Å². The zero-order chi connectivity index (χ0) is 20.3. The normalized spacial score (nSPS) is 17.1. The van der Waals surface area contributed by atoms with Gasteiger partial charge in [0.2, 0.25) is 0 Å². The maximum atomic E-state index is 10.9. The van der Waals surface area contributed by atoms with Gasteiger partial charge in [0.05, 0.1) is 52.4 Å². The first-order chi connectivity index (χ1) is 14.3. The van der Waals surface area contributed by atoms with Crippen molar-refractivity contribution < 1.29 is 24.4 Å². The van der Waals surface area contributed by atoms with Crippen LogP contribution in [0.1, 0.15) is 29.9 Å². The summed E-state index contributed by atoms with van der Waals surface area (Å²) in [7, 11) is 0. The van der Waals surface area contributed by atoms with Gasteiger partial charge in [0.1, 0.15) is 0 Å². The molecule has 5 nitrogen and oxygen atoms in total. The second kappa shape index (κ2) is 12.1. The number of aryl methyl sites for hydroxylation is 1. The zero-order valence-corrected chi connectivity index (χ0v) is 17.0. The minimum Gasteiger partial charge on any atom is -0.394 e. The topological polar surface area (TPSA) is 68.2 Å². The molecule has 0 amide bonds. The van der Waals surface area contributed by atoms with Gasteiger partial charge in [-0.3, -0.25) is 0 Å². The predicted molar refractivity (Wildman–Crippen MR) is 113 cm³/mol. The Kier molecular flexibility index (Phi) is 9.12. The Morgan fingerprint density at radius 2 is 1.48 bits per heavy atom. The van der Waals surface area contributed by atoms with E-state index in [9.17, 15) is 5.11 Å². The van der Waals surface area contributed by atoms with Crippen LogP contribution in [0.5, 0.6) is 0 Å². The fourth-order valence-corrected chi connectivity index (χ4v) is 3.96. The number of hydrogen-bond donors (Lipinski definition) is 2. The van der Waals surface area contributed by atoms with Crippen molar-refractivity contribution in [3.8, 4) is 11.1 Å². The third kappa shape index (κ3) is 6.36.